The summed E-state index contributed by atoms with van der Waals surface area (Å²) in [6.45, 7) is 5.96. The maximum Gasteiger partial charge on any atom is 0.270 e. The molecular weight excluding hydrogens is 310 g/mol. The Balaban J connectivity index is 2.14. The standard InChI is InChI=1S/C13H20BrN3O2/c1-3-17-11(8-10(2)16-17)12(18)15-13(9-14)4-6-19-7-5-13/h8H,3-7,9H2,1-2H3,(H,15,18). The van der Waals surface area contributed by atoms with Crippen molar-refractivity contribution in [2.45, 2.75) is 38.8 Å². The average Bonchev–Trinajstić information content (AvgIpc) is 2.81. The van der Waals surface area contributed by atoms with Crippen LogP contribution in [-0.4, -0.2) is 39.8 Å². The van der Waals surface area contributed by atoms with Crippen LogP contribution >= 0.6 is 15.9 Å². The number of aromatic nitrogens is 2. The number of halogens is 1. The second-order valence-corrected chi connectivity index (χ2v) is 5.53. The summed E-state index contributed by atoms with van der Waals surface area (Å²) in [5.74, 6) is -0.0520. The van der Waals surface area contributed by atoms with E-state index in [0.717, 1.165) is 23.9 Å². The highest BCUT2D eigenvalue weighted by atomic mass is 79.9. The van der Waals surface area contributed by atoms with E-state index in [0.29, 0.717) is 25.5 Å². The van der Waals surface area contributed by atoms with Crippen LogP contribution in [0.5, 0.6) is 0 Å². The second kappa shape index (κ2) is 6.05. The van der Waals surface area contributed by atoms with Gasteiger partial charge >= 0.3 is 0 Å². The van der Waals surface area contributed by atoms with Gasteiger partial charge in [-0.1, -0.05) is 15.9 Å². The van der Waals surface area contributed by atoms with Gasteiger partial charge in [-0.2, -0.15) is 5.10 Å². The Hall–Kier alpha value is -0.880. The van der Waals surface area contributed by atoms with Crippen LogP contribution in [0.25, 0.3) is 0 Å². The molecular formula is C13H20BrN3O2. The highest BCUT2D eigenvalue weighted by Gasteiger charge is 2.34. The van der Waals surface area contributed by atoms with Crippen LogP contribution in [0.1, 0.15) is 35.9 Å². The van der Waals surface area contributed by atoms with E-state index in [1.165, 1.54) is 0 Å². The lowest BCUT2D eigenvalue weighted by Crippen LogP contribution is -2.53. The number of carbonyl (C=O) groups excluding carboxylic acids is 1. The largest absolute Gasteiger partial charge is 0.381 e. The number of hydrogen-bond donors (Lipinski definition) is 1. The van der Waals surface area contributed by atoms with Crippen LogP contribution < -0.4 is 5.32 Å². The smallest absolute Gasteiger partial charge is 0.270 e. The van der Waals surface area contributed by atoms with Crippen LogP contribution in [0.4, 0.5) is 0 Å². The Morgan fingerprint density at radius 3 is 2.84 bits per heavy atom. The van der Waals surface area contributed by atoms with Gasteiger partial charge in [0.25, 0.3) is 5.91 Å². The van der Waals surface area contributed by atoms with E-state index in [-0.39, 0.29) is 11.4 Å². The molecule has 1 aliphatic heterocycles. The summed E-state index contributed by atoms with van der Waals surface area (Å²) in [7, 11) is 0. The van der Waals surface area contributed by atoms with Gasteiger partial charge in [0, 0.05) is 25.1 Å². The van der Waals surface area contributed by atoms with Gasteiger partial charge in [0.1, 0.15) is 5.69 Å². The number of amides is 1. The van der Waals surface area contributed by atoms with Crippen molar-refractivity contribution in [1.29, 1.82) is 0 Å². The molecule has 0 spiro atoms. The Morgan fingerprint density at radius 2 is 2.26 bits per heavy atom. The van der Waals surface area contributed by atoms with Gasteiger partial charge in [0.05, 0.1) is 11.2 Å². The fourth-order valence-corrected chi connectivity index (χ4v) is 3.03. The Bertz CT molecular complexity index is 453. The van der Waals surface area contributed by atoms with Gasteiger partial charge in [-0.05, 0) is 32.8 Å². The topological polar surface area (TPSA) is 56.2 Å². The molecule has 0 unspecified atom stereocenters. The summed E-state index contributed by atoms with van der Waals surface area (Å²) < 4.78 is 7.12. The third kappa shape index (κ3) is 3.17. The lowest BCUT2D eigenvalue weighted by molar-refractivity contribution is 0.0438. The number of nitrogens with one attached hydrogen (secondary N) is 1. The molecule has 1 aromatic heterocycles. The maximum atomic E-state index is 12.4. The van der Waals surface area contributed by atoms with Gasteiger partial charge in [0.2, 0.25) is 0 Å². The molecule has 19 heavy (non-hydrogen) atoms. The first-order valence-corrected chi connectivity index (χ1v) is 7.73. The van der Waals surface area contributed by atoms with Gasteiger partial charge in [-0.3, -0.25) is 9.48 Å². The van der Waals surface area contributed by atoms with Crippen molar-refractivity contribution in [3.05, 3.63) is 17.5 Å². The molecule has 0 aromatic carbocycles. The van der Waals surface area contributed by atoms with E-state index in [1.54, 1.807) is 4.68 Å². The van der Waals surface area contributed by atoms with Crippen molar-refractivity contribution in [1.82, 2.24) is 15.1 Å². The first-order valence-electron chi connectivity index (χ1n) is 6.61. The average molecular weight is 330 g/mol. The second-order valence-electron chi connectivity index (χ2n) is 4.97. The van der Waals surface area contributed by atoms with Crippen molar-refractivity contribution < 1.29 is 9.53 Å². The molecule has 2 rings (SSSR count). The molecule has 0 radical (unpaired) electrons. The predicted molar refractivity (Wildman–Crippen MR) is 76.7 cm³/mol. The third-order valence-electron chi connectivity index (χ3n) is 3.52. The van der Waals surface area contributed by atoms with E-state index < -0.39 is 0 Å². The van der Waals surface area contributed by atoms with Gasteiger partial charge in [-0.25, -0.2) is 0 Å². The fraction of sp³-hybridized carbons (Fsp3) is 0.692. The van der Waals surface area contributed by atoms with Gasteiger partial charge in [-0.15, -0.1) is 0 Å². The molecule has 1 N–H and O–H groups in total. The zero-order valence-electron chi connectivity index (χ0n) is 11.4. The highest BCUT2D eigenvalue weighted by Crippen LogP contribution is 2.23. The number of carbonyl (C=O) groups is 1. The molecule has 5 nitrogen and oxygen atoms in total. The lowest BCUT2D eigenvalue weighted by Gasteiger charge is -2.36. The van der Waals surface area contributed by atoms with Crippen LogP contribution in [0.2, 0.25) is 0 Å². The molecule has 106 valence electrons. The minimum atomic E-state index is -0.202. The van der Waals surface area contributed by atoms with Crippen molar-refractivity contribution in [2.24, 2.45) is 0 Å². The minimum Gasteiger partial charge on any atom is -0.381 e. The maximum absolute atomic E-state index is 12.4. The molecule has 6 heteroatoms. The predicted octanol–water partition coefficient (Wildman–Crippen LogP) is 1.89. The van der Waals surface area contributed by atoms with E-state index in [9.17, 15) is 4.79 Å². The first kappa shape index (κ1) is 14.5. The number of nitrogens with zero attached hydrogens (tertiary/aromatic N) is 2. The van der Waals surface area contributed by atoms with Crippen molar-refractivity contribution in [3.8, 4) is 0 Å². The van der Waals surface area contributed by atoms with Crippen molar-refractivity contribution >= 4 is 21.8 Å². The monoisotopic (exact) mass is 329 g/mol. The lowest BCUT2D eigenvalue weighted by atomic mass is 9.92. The minimum absolute atomic E-state index is 0.0520. The van der Waals surface area contributed by atoms with Crippen molar-refractivity contribution in [3.63, 3.8) is 0 Å². The van der Waals surface area contributed by atoms with Crippen LogP contribution in [0.3, 0.4) is 0 Å². The number of hydrogen-bond acceptors (Lipinski definition) is 3. The Kier molecular flexibility index (Phi) is 4.62. The fourth-order valence-electron chi connectivity index (χ4n) is 2.33. The van der Waals surface area contributed by atoms with E-state index >= 15 is 0 Å². The summed E-state index contributed by atoms with van der Waals surface area (Å²) in [4.78, 5) is 12.4. The zero-order chi connectivity index (χ0) is 13.9. The molecule has 1 fully saturated rings. The molecule has 1 amide bonds. The first-order chi connectivity index (χ1) is 9.10. The molecule has 1 aromatic rings. The summed E-state index contributed by atoms with van der Waals surface area (Å²) in [6.07, 6.45) is 1.67. The van der Waals surface area contributed by atoms with Gasteiger partial charge in [0.15, 0.2) is 0 Å². The summed E-state index contributed by atoms with van der Waals surface area (Å²) in [5, 5.41) is 8.22. The molecule has 2 heterocycles. The van der Waals surface area contributed by atoms with E-state index in [1.807, 2.05) is 19.9 Å². The van der Waals surface area contributed by atoms with Crippen LogP contribution in [0, 0.1) is 6.92 Å². The van der Waals surface area contributed by atoms with E-state index in [2.05, 4.69) is 26.3 Å². The SMILES string of the molecule is CCn1nc(C)cc1C(=O)NC1(CBr)CCOCC1. The van der Waals surface area contributed by atoms with E-state index in [4.69, 9.17) is 4.74 Å². The number of alkyl halides is 1. The zero-order valence-corrected chi connectivity index (χ0v) is 13.0. The molecule has 0 aliphatic carbocycles. The molecule has 1 saturated heterocycles. The molecule has 0 saturated carbocycles. The summed E-state index contributed by atoms with van der Waals surface area (Å²) in [5.41, 5.74) is 1.30. The third-order valence-corrected chi connectivity index (χ3v) is 4.59. The van der Waals surface area contributed by atoms with Gasteiger partial charge < -0.3 is 10.1 Å². The molecule has 1 aliphatic rings. The molecule has 0 atom stereocenters. The number of ether oxygens (including phenoxy) is 1. The van der Waals surface area contributed by atoms with Crippen LogP contribution in [0.15, 0.2) is 6.07 Å². The normalized spacial score (nSPS) is 18.3. The number of aryl methyl sites for hydroxylation is 2. The van der Waals surface area contributed by atoms with Crippen LogP contribution in [-0.2, 0) is 11.3 Å². The quantitative estimate of drug-likeness (QED) is 0.858. The van der Waals surface area contributed by atoms with Crippen molar-refractivity contribution in [2.75, 3.05) is 18.5 Å². The highest BCUT2D eigenvalue weighted by molar-refractivity contribution is 9.09. The Labute approximate surface area is 121 Å². The number of rotatable bonds is 4. The molecule has 0 bridgehead atoms. The Morgan fingerprint density at radius 1 is 1.58 bits per heavy atom. The summed E-state index contributed by atoms with van der Waals surface area (Å²) >= 11 is 3.52. The summed E-state index contributed by atoms with van der Waals surface area (Å²) in [6, 6.07) is 1.83.